The predicted molar refractivity (Wildman–Crippen MR) is 72.0 cm³/mol. The molecule has 1 aromatic heterocycles. The Kier molecular flexibility index (Phi) is 3.97. The molecule has 98 valence electrons. The van der Waals surface area contributed by atoms with Gasteiger partial charge < -0.3 is 10.3 Å². The van der Waals surface area contributed by atoms with Crippen LogP contribution in [0.1, 0.15) is 32.5 Å². The average Bonchev–Trinajstić information content (AvgIpc) is 2.65. The third kappa shape index (κ3) is 2.70. The maximum Gasteiger partial charge on any atom is 0.125 e. The Morgan fingerprint density at radius 1 is 1.44 bits per heavy atom. The lowest BCUT2D eigenvalue weighted by Crippen LogP contribution is -2.15. The molecule has 1 atom stereocenters. The number of halogens is 1. The summed E-state index contributed by atoms with van der Waals surface area (Å²) in [6, 6.07) is 5.01. The van der Waals surface area contributed by atoms with Gasteiger partial charge in [0.15, 0.2) is 0 Å². The molecule has 0 fully saturated rings. The van der Waals surface area contributed by atoms with Gasteiger partial charge in [-0.1, -0.05) is 0 Å². The van der Waals surface area contributed by atoms with Crippen molar-refractivity contribution in [3.8, 4) is 0 Å². The highest BCUT2D eigenvalue weighted by molar-refractivity contribution is 5.76. The van der Waals surface area contributed by atoms with Crippen molar-refractivity contribution in [2.24, 2.45) is 5.73 Å². The van der Waals surface area contributed by atoms with Gasteiger partial charge in [0, 0.05) is 25.1 Å². The lowest BCUT2D eigenvalue weighted by atomic mass is 10.1. The fourth-order valence-electron chi connectivity index (χ4n) is 2.28. The molecule has 1 unspecified atom stereocenters. The first-order chi connectivity index (χ1) is 8.61. The number of imidazole rings is 1. The van der Waals surface area contributed by atoms with Gasteiger partial charge in [-0.3, -0.25) is 0 Å². The smallest absolute Gasteiger partial charge is 0.125 e. The van der Waals surface area contributed by atoms with Crippen molar-refractivity contribution < 1.29 is 4.39 Å². The highest BCUT2D eigenvalue weighted by Gasteiger charge is 2.10. The van der Waals surface area contributed by atoms with E-state index >= 15 is 0 Å². The van der Waals surface area contributed by atoms with Gasteiger partial charge in [-0.25, -0.2) is 9.37 Å². The first-order valence-electron chi connectivity index (χ1n) is 6.52. The Morgan fingerprint density at radius 3 is 2.89 bits per heavy atom. The van der Waals surface area contributed by atoms with Crippen LogP contribution in [0.25, 0.3) is 11.0 Å². The Morgan fingerprint density at radius 2 is 2.22 bits per heavy atom. The monoisotopic (exact) mass is 249 g/mol. The summed E-state index contributed by atoms with van der Waals surface area (Å²) in [5.74, 6) is 0.795. The molecule has 0 aliphatic heterocycles. The van der Waals surface area contributed by atoms with Crippen molar-refractivity contribution in [3.63, 3.8) is 0 Å². The minimum Gasteiger partial charge on any atom is -0.328 e. The second-order valence-corrected chi connectivity index (χ2v) is 4.77. The molecule has 0 amide bonds. The third-order valence-corrected chi connectivity index (χ3v) is 3.17. The van der Waals surface area contributed by atoms with E-state index in [0.29, 0.717) is 0 Å². The summed E-state index contributed by atoms with van der Waals surface area (Å²) in [4.78, 5) is 4.52. The zero-order chi connectivity index (χ0) is 13.1. The number of aromatic nitrogens is 2. The maximum atomic E-state index is 13.2. The van der Waals surface area contributed by atoms with Crippen LogP contribution in [0.4, 0.5) is 4.39 Å². The van der Waals surface area contributed by atoms with E-state index < -0.39 is 0 Å². The van der Waals surface area contributed by atoms with Crippen LogP contribution >= 0.6 is 0 Å². The number of rotatable bonds is 5. The summed E-state index contributed by atoms with van der Waals surface area (Å²) < 4.78 is 15.3. The van der Waals surface area contributed by atoms with Crippen molar-refractivity contribution >= 4 is 11.0 Å². The normalized spacial score (nSPS) is 13.1. The van der Waals surface area contributed by atoms with Gasteiger partial charge >= 0.3 is 0 Å². The number of hydrogen-bond donors (Lipinski definition) is 1. The van der Waals surface area contributed by atoms with Gasteiger partial charge in [0.05, 0.1) is 11.0 Å². The number of nitrogens with two attached hydrogens (primary N) is 1. The zero-order valence-corrected chi connectivity index (χ0v) is 11.0. The Bertz CT molecular complexity index is 531. The van der Waals surface area contributed by atoms with Crippen LogP contribution in [0.15, 0.2) is 18.2 Å². The van der Waals surface area contributed by atoms with E-state index in [9.17, 15) is 4.39 Å². The number of fused-ring (bicyclic) bond motifs is 1. The molecule has 0 radical (unpaired) electrons. The lowest BCUT2D eigenvalue weighted by molar-refractivity contribution is 0.598. The molecule has 0 aliphatic carbocycles. The first-order valence-corrected chi connectivity index (χ1v) is 6.52. The third-order valence-electron chi connectivity index (χ3n) is 3.17. The fourth-order valence-corrected chi connectivity index (χ4v) is 2.28. The molecular weight excluding hydrogens is 229 g/mol. The molecule has 0 bridgehead atoms. The average molecular weight is 249 g/mol. The summed E-state index contributed by atoms with van der Waals surface area (Å²) in [5.41, 5.74) is 7.50. The van der Waals surface area contributed by atoms with Crippen molar-refractivity contribution in [3.05, 3.63) is 29.8 Å². The fraction of sp³-hybridized carbons (Fsp3) is 0.500. The van der Waals surface area contributed by atoms with Gasteiger partial charge in [-0.2, -0.15) is 0 Å². The van der Waals surface area contributed by atoms with Gasteiger partial charge in [0.2, 0.25) is 0 Å². The van der Waals surface area contributed by atoms with E-state index in [2.05, 4.69) is 16.5 Å². The molecule has 0 aliphatic rings. The van der Waals surface area contributed by atoms with Crippen LogP contribution in [0, 0.1) is 5.82 Å². The van der Waals surface area contributed by atoms with Crippen LogP contribution in [0.3, 0.4) is 0 Å². The van der Waals surface area contributed by atoms with Gasteiger partial charge in [0.1, 0.15) is 11.6 Å². The predicted octanol–water partition coefficient (Wildman–Crippen LogP) is 2.87. The quantitative estimate of drug-likeness (QED) is 0.885. The minimum atomic E-state index is -0.231. The molecule has 1 heterocycles. The highest BCUT2D eigenvalue weighted by atomic mass is 19.1. The van der Waals surface area contributed by atoms with E-state index in [1.165, 1.54) is 12.1 Å². The Hall–Kier alpha value is -1.42. The second-order valence-electron chi connectivity index (χ2n) is 4.77. The van der Waals surface area contributed by atoms with Crippen molar-refractivity contribution in [1.29, 1.82) is 0 Å². The molecule has 0 spiro atoms. The first kappa shape index (κ1) is 13.0. The van der Waals surface area contributed by atoms with E-state index in [-0.39, 0.29) is 11.9 Å². The highest BCUT2D eigenvalue weighted by Crippen LogP contribution is 2.19. The molecule has 3 nitrogen and oxygen atoms in total. The van der Waals surface area contributed by atoms with E-state index in [0.717, 1.165) is 42.7 Å². The zero-order valence-electron chi connectivity index (χ0n) is 11.0. The topological polar surface area (TPSA) is 43.8 Å². The van der Waals surface area contributed by atoms with Crippen LogP contribution < -0.4 is 5.73 Å². The van der Waals surface area contributed by atoms with Crippen LogP contribution in [0.2, 0.25) is 0 Å². The lowest BCUT2D eigenvalue weighted by Gasteiger charge is -2.07. The SMILES string of the molecule is CCn1c(CCCC(C)N)nc2cc(F)ccc21. The Labute approximate surface area is 107 Å². The van der Waals surface area contributed by atoms with E-state index in [1.54, 1.807) is 6.07 Å². The second kappa shape index (κ2) is 5.48. The molecule has 0 saturated heterocycles. The minimum absolute atomic E-state index is 0.224. The largest absolute Gasteiger partial charge is 0.328 e. The number of hydrogen-bond acceptors (Lipinski definition) is 2. The molecule has 2 aromatic rings. The summed E-state index contributed by atoms with van der Waals surface area (Å²) in [6.45, 7) is 4.95. The van der Waals surface area contributed by atoms with E-state index in [1.807, 2.05) is 6.92 Å². The molecule has 2 N–H and O–H groups in total. The molecule has 18 heavy (non-hydrogen) atoms. The number of benzene rings is 1. The van der Waals surface area contributed by atoms with E-state index in [4.69, 9.17) is 5.73 Å². The summed E-state index contributed by atoms with van der Waals surface area (Å²) in [5, 5.41) is 0. The molecule has 1 aromatic carbocycles. The summed E-state index contributed by atoms with van der Waals surface area (Å²) >= 11 is 0. The molecule has 0 saturated carbocycles. The van der Waals surface area contributed by atoms with Crippen LogP contribution in [-0.2, 0) is 13.0 Å². The van der Waals surface area contributed by atoms with Gasteiger partial charge in [-0.15, -0.1) is 0 Å². The van der Waals surface area contributed by atoms with Crippen molar-refractivity contribution in [2.75, 3.05) is 0 Å². The van der Waals surface area contributed by atoms with Crippen LogP contribution in [0.5, 0.6) is 0 Å². The van der Waals surface area contributed by atoms with Crippen molar-refractivity contribution in [2.45, 2.75) is 45.7 Å². The molecule has 4 heteroatoms. The number of aryl methyl sites for hydroxylation is 2. The summed E-state index contributed by atoms with van der Waals surface area (Å²) in [6.07, 6.45) is 2.90. The van der Waals surface area contributed by atoms with Crippen LogP contribution in [-0.4, -0.2) is 15.6 Å². The maximum absolute atomic E-state index is 13.2. The molecule has 2 rings (SSSR count). The number of nitrogens with zero attached hydrogens (tertiary/aromatic N) is 2. The van der Waals surface area contributed by atoms with Gasteiger partial charge in [-0.05, 0) is 38.8 Å². The van der Waals surface area contributed by atoms with Gasteiger partial charge in [0.25, 0.3) is 0 Å². The molecular formula is C14H20FN3. The summed E-state index contributed by atoms with van der Waals surface area (Å²) in [7, 11) is 0. The van der Waals surface area contributed by atoms with Crippen molar-refractivity contribution in [1.82, 2.24) is 9.55 Å². The standard InChI is InChI=1S/C14H20FN3/c1-3-18-13-8-7-11(15)9-12(13)17-14(18)6-4-5-10(2)16/h7-10H,3-6,16H2,1-2H3. The Balaban J connectivity index is 2.26.